The van der Waals surface area contributed by atoms with Crippen molar-refractivity contribution in [3.63, 3.8) is 0 Å². The number of thioether (sulfide) groups is 1. The van der Waals surface area contributed by atoms with Gasteiger partial charge in [-0.25, -0.2) is 9.07 Å². The molecule has 2 heterocycles. The summed E-state index contributed by atoms with van der Waals surface area (Å²) in [6.07, 6.45) is 3.13. The predicted molar refractivity (Wildman–Crippen MR) is 121 cm³/mol. The number of carbonyl (C=O) groups excluding carboxylic acids is 1. The summed E-state index contributed by atoms with van der Waals surface area (Å²) in [4.78, 5) is 14.2. The van der Waals surface area contributed by atoms with Crippen molar-refractivity contribution in [1.82, 2.24) is 24.9 Å². The molecule has 2 aromatic heterocycles. The predicted octanol–water partition coefficient (Wildman–Crippen LogP) is 4.29. The first kappa shape index (κ1) is 22.5. The Bertz CT molecular complexity index is 1200. The number of benzene rings is 2. The van der Waals surface area contributed by atoms with Gasteiger partial charge in [-0.05, 0) is 43.3 Å². The molecule has 0 aliphatic heterocycles. The molecular weight excluding hydrogens is 445 g/mol. The first-order valence-electron chi connectivity index (χ1n) is 10.2. The number of para-hydroxylation sites is 1. The van der Waals surface area contributed by atoms with Crippen molar-refractivity contribution in [2.24, 2.45) is 0 Å². The molecule has 4 aromatic rings. The van der Waals surface area contributed by atoms with Gasteiger partial charge in [0, 0.05) is 25.4 Å². The van der Waals surface area contributed by atoms with Gasteiger partial charge in [-0.1, -0.05) is 30.0 Å². The number of halogens is 1. The van der Waals surface area contributed by atoms with Crippen LogP contribution >= 0.6 is 11.8 Å². The van der Waals surface area contributed by atoms with Crippen LogP contribution in [0.3, 0.4) is 0 Å². The van der Waals surface area contributed by atoms with Crippen molar-refractivity contribution in [2.45, 2.75) is 24.8 Å². The lowest BCUT2D eigenvalue weighted by molar-refractivity contribution is -0.127. The summed E-state index contributed by atoms with van der Waals surface area (Å²) >= 11 is 1.16. The van der Waals surface area contributed by atoms with Crippen molar-refractivity contribution < 1.29 is 18.3 Å². The van der Waals surface area contributed by atoms with E-state index in [1.807, 2.05) is 36.5 Å². The summed E-state index contributed by atoms with van der Waals surface area (Å²) in [5, 5.41) is 12.6. The monoisotopic (exact) mass is 467 g/mol. The number of hydrogen-bond acceptors (Lipinski definition) is 7. The van der Waals surface area contributed by atoms with Crippen molar-refractivity contribution in [3.05, 3.63) is 84.3 Å². The quantitative estimate of drug-likeness (QED) is 0.340. The minimum atomic E-state index is -0.517. The normalized spacial score (nSPS) is 11.8. The Morgan fingerprint density at radius 1 is 1.18 bits per heavy atom. The highest BCUT2D eigenvalue weighted by Crippen LogP contribution is 2.24. The molecule has 10 heteroatoms. The second-order valence-electron chi connectivity index (χ2n) is 7.29. The summed E-state index contributed by atoms with van der Waals surface area (Å²) in [5.74, 6) is 0.492. The number of ether oxygens (including phenoxy) is 1. The molecule has 8 nitrogen and oxygen atoms in total. The molecule has 170 valence electrons. The van der Waals surface area contributed by atoms with E-state index in [1.54, 1.807) is 29.7 Å². The van der Waals surface area contributed by atoms with Crippen LogP contribution in [-0.2, 0) is 11.3 Å². The molecule has 33 heavy (non-hydrogen) atoms. The van der Waals surface area contributed by atoms with Crippen LogP contribution in [0.25, 0.3) is 5.69 Å². The maximum Gasteiger partial charge on any atom is 0.277 e. The second-order valence-corrected chi connectivity index (χ2v) is 8.21. The van der Waals surface area contributed by atoms with E-state index < -0.39 is 6.10 Å². The molecule has 0 spiro atoms. The minimum absolute atomic E-state index is 0.0807. The van der Waals surface area contributed by atoms with Gasteiger partial charge in [0.15, 0.2) is 6.10 Å². The summed E-state index contributed by atoms with van der Waals surface area (Å²) in [5.41, 5.74) is 1.88. The first-order valence-corrected chi connectivity index (χ1v) is 11.2. The lowest BCUT2D eigenvalue weighted by Crippen LogP contribution is -2.27. The van der Waals surface area contributed by atoms with Gasteiger partial charge in [0.1, 0.15) is 11.6 Å². The Hall–Kier alpha value is -3.66. The molecule has 0 saturated carbocycles. The van der Waals surface area contributed by atoms with Crippen molar-refractivity contribution >= 4 is 17.7 Å². The Labute approximate surface area is 194 Å². The van der Waals surface area contributed by atoms with Crippen molar-refractivity contribution in [1.29, 1.82) is 0 Å². The highest BCUT2D eigenvalue weighted by molar-refractivity contribution is 7.99. The average Bonchev–Trinajstić information content (AvgIpc) is 3.49. The third-order valence-corrected chi connectivity index (χ3v) is 5.52. The number of amides is 1. The van der Waals surface area contributed by atoms with Gasteiger partial charge in [0.25, 0.3) is 11.1 Å². The topological polar surface area (TPSA) is 86.3 Å². The molecular formula is C23H22FN5O3S. The van der Waals surface area contributed by atoms with Gasteiger partial charge >= 0.3 is 0 Å². The van der Waals surface area contributed by atoms with Crippen molar-refractivity contribution in [3.8, 4) is 11.4 Å². The molecule has 1 amide bonds. The van der Waals surface area contributed by atoms with Gasteiger partial charge in [0.2, 0.25) is 5.91 Å². The molecule has 4 rings (SSSR count). The van der Waals surface area contributed by atoms with E-state index in [1.165, 1.54) is 24.3 Å². The van der Waals surface area contributed by atoms with E-state index in [4.69, 9.17) is 9.15 Å². The number of rotatable bonds is 9. The van der Waals surface area contributed by atoms with Crippen LogP contribution in [-0.4, -0.2) is 43.6 Å². The lowest BCUT2D eigenvalue weighted by Gasteiger charge is -2.15. The summed E-state index contributed by atoms with van der Waals surface area (Å²) < 4.78 is 26.1. The van der Waals surface area contributed by atoms with Gasteiger partial charge in [-0.2, -0.15) is 5.10 Å². The Balaban J connectivity index is 1.27. The van der Waals surface area contributed by atoms with Crippen LogP contribution in [0.2, 0.25) is 0 Å². The second kappa shape index (κ2) is 10.3. The van der Waals surface area contributed by atoms with Gasteiger partial charge < -0.3 is 14.1 Å². The first-order chi connectivity index (χ1) is 16.0. The fraction of sp³-hybridized carbons (Fsp3) is 0.217. The van der Waals surface area contributed by atoms with Crippen LogP contribution < -0.4 is 4.74 Å². The van der Waals surface area contributed by atoms with E-state index in [-0.39, 0.29) is 28.6 Å². The van der Waals surface area contributed by atoms with Crippen molar-refractivity contribution in [2.75, 3.05) is 12.8 Å². The van der Waals surface area contributed by atoms with Gasteiger partial charge in [-0.15, -0.1) is 10.2 Å². The van der Waals surface area contributed by atoms with E-state index in [0.29, 0.717) is 12.3 Å². The third kappa shape index (κ3) is 5.98. The van der Waals surface area contributed by atoms with E-state index in [2.05, 4.69) is 15.3 Å². The highest BCUT2D eigenvalue weighted by Gasteiger charge is 2.18. The minimum Gasteiger partial charge on any atom is -0.481 e. The molecule has 0 unspecified atom stereocenters. The zero-order chi connectivity index (χ0) is 23.2. The van der Waals surface area contributed by atoms with E-state index in [0.717, 1.165) is 23.0 Å². The summed E-state index contributed by atoms with van der Waals surface area (Å²) in [6.45, 7) is 2.18. The molecule has 0 aliphatic rings. The number of aromatic nitrogens is 4. The molecule has 0 aliphatic carbocycles. The zero-order valence-electron chi connectivity index (χ0n) is 18.1. The van der Waals surface area contributed by atoms with Crippen LogP contribution in [0.4, 0.5) is 4.39 Å². The molecule has 0 saturated heterocycles. The van der Waals surface area contributed by atoms with Crippen LogP contribution in [0.1, 0.15) is 24.5 Å². The summed E-state index contributed by atoms with van der Waals surface area (Å²) in [7, 11) is 1.74. The maximum atomic E-state index is 13.0. The fourth-order valence-electron chi connectivity index (χ4n) is 2.97. The smallest absolute Gasteiger partial charge is 0.277 e. The van der Waals surface area contributed by atoms with Crippen LogP contribution in [0.15, 0.2) is 76.6 Å². The van der Waals surface area contributed by atoms with Gasteiger partial charge in [-0.3, -0.25) is 4.79 Å². The number of carbonyl (C=O) groups is 1. The Morgan fingerprint density at radius 2 is 1.94 bits per heavy atom. The largest absolute Gasteiger partial charge is 0.481 e. The summed E-state index contributed by atoms with van der Waals surface area (Å²) in [6, 6.07) is 15.4. The molecule has 0 fully saturated rings. The Kier molecular flexibility index (Phi) is 7.04. The lowest BCUT2D eigenvalue weighted by atomic mass is 10.3. The number of hydrogen-bond donors (Lipinski definition) is 0. The van der Waals surface area contributed by atoms with Crippen LogP contribution in [0.5, 0.6) is 5.75 Å². The van der Waals surface area contributed by atoms with E-state index >= 15 is 0 Å². The van der Waals surface area contributed by atoms with Gasteiger partial charge in [0.05, 0.1) is 17.6 Å². The molecule has 1 atom stereocenters. The zero-order valence-corrected chi connectivity index (χ0v) is 18.9. The highest BCUT2D eigenvalue weighted by atomic mass is 32.2. The third-order valence-electron chi connectivity index (χ3n) is 4.72. The van der Waals surface area contributed by atoms with Crippen LogP contribution in [0, 0.1) is 5.82 Å². The number of nitrogens with zero attached hydrogens (tertiary/aromatic N) is 5. The van der Waals surface area contributed by atoms with E-state index in [9.17, 15) is 9.18 Å². The molecule has 0 radical (unpaired) electrons. The molecule has 0 bridgehead atoms. The standard InChI is InChI=1S/C23H22FN5O3S/c1-16(31-20-10-8-18(24)9-11-20)22-26-27-23(32-22)33-15-21(30)28(2)13-17-12-25-29(14-17)19-6-4-3-5-7-19/h3-12,14,16H,13,15H2,1-2H3/t16-/m1/s1. The Morgan fingerprint density at radius 3 is 2.70 bits per heavy atom. The SMILES string of the molecule is C[C@@H](Oc1ccc(F)cc1)c1nnc(SCC(=O)N(C)Cc2cnn(-c3ccccc3)c2)o1. The average molecular weight is 468 g/mol. The molecule has 2 aromatic carbocycles. The molecule has 0 N–H and O–H groups in total. The fourth-order valence-corrected chi connectivity index (χ4v) is 3.68. The maximum absolute atomic E-state index is 13.0.